The number of thioether (sulfide) groups is 1. The molecule has 2 aromatic carbocycles. The molecule has 1 saturated heterocycles. The maximum Gasteiger partial charge on any atom is 0.288 e. The molecule has 8 heteroatoms. The predicted octanol–water partition coefficient (Wildman–Crippen LogP) is 3.88. The Morgan fingerprint density at radius 1 is 1.12 bits per heavy atom. The molecule has 130 valence electrons. The van der Waals surface area contributed by atoms with Gasteiger partial charge in [-0.2, -0.15) is 8.78 Å². The molecule has 2 amide bonds. The molecule has 3 rings (SSSR count). The molecule has 0 saturated carbocycles. The van der Waals surface area contributed by atoms with Crippen LogP contribution in [0.2, 0.25) is 0 Å². The van der Waals surface area contributed by atoms with Crippen LogP contribution in [-0.2, 0) is 9.59 Å². The van der Waals surface area contributed by atoms with E-state index in [9.17, 15) is 22.8 Å². The number of nitrogens with one attached hydrogen (secondary N) is 1. The lowest BCUT2D eigenvalue weighted by molar-refractivity contribution is -0.121. The number of carbonyl (C=O) groups excluding carboxylic acids is 2. The van der Waals surface area contributed by atoms with Gasteiger partial charge in [0.15, 0.2) is 0 Å². The summed E-state index contributed by atoms with van der Waals surface area (Å²) in [5, 5.41) is 2.84. The molecule has 1 aliphatic rings. The first-order valence-corrected chi connectivity index (χ1v) is 8.26. The molecule has 1 N–H and O–H groups in total. The van der Waals surface area contributed by atoms with Gasteiger partial charge in [-0.1, -0.05) is 17.8 Å². The van der Waals surface area contributed by atoms with Crippen molar-refractivity contribution < 1.29 is 22.8 Å². The average molecular weight is 366 g/mol. The van der Waals surface area contributed by atoms with Crippen molar-refractivity contribution in [2.45, 2.75) is 23.1 Å². The molecule has 2 aromatic rings. The zero-order valence-electron chi connectivity index (χ0n) is 12.8. The van der Waals surface area contributed by atoms with Crippen molar-refractivity contribution in [3.8, 4) is 0 Å². The Morgan fingerprint density at radius 2 is 1.84 bits per heavy atom. The smallest absolute Gasteiger partial charge is 0.288 e. The SMILES string of the molecule is O=C1C[C@@H](Nc2cccc(F)c2)C(=O)N1c1ccc(SC(F)F)cc1. The van der Waals surface area contributed by atoms with Gasteiger partial charge >= 0.3 is 0 Å². The number of rotatable bonds is 5. The highest BCUT2D eigenvalue weighted by Gasteiger charge is 2.39. The topological polar surface area (TPSA) is 49.4 Å². The van der Waals surface area contributed by atoms with Gasteiger partial charge < -0.3 is 5.32 Å². The summed E-state index contributed by atoms with van der Waals surface area (Å²) in [6.07, 6.45) is -0.0666. The first kappa shape index (κ1) is 17.3. The molecule has 0 bridgehead atoms. The largest absolute Gasteiger partial charge is 0.373 e. The van der Waals surface area contributed by atoms with Crippen LogP contribution in [0, 0.1) is 5.82 Å². The van der Waals surface area contributed by atoms with Gasteiger partial charge in [0.25, 0.3) is 11.7 Å². The average Bonchev–Trinajstić information content (AvgIpc) is 2.82. The van der Waals surface area contributed by atoms with Gasteiger partial charge in [0.2, 0.25) is 5.91 Å². The first-order chi connectivity index (χ1) is 11.9. The maximum atomic E-state index is 13.2. The lowest BCUT2D eigenvalue weighted by Gasteiger charge is -2.16. The van der Waals surface area contributed by atoms with Crippen LogP contribution >= 0.6 is 11.8 Å². The summed E-state index contributed by atoms with van der Waals surface area (Å²) >= 11 is 0.385. The van der Waals surface area contributed by atoms with Crippen molar-refractivity contribution >= 4 is 35.0 Å². The number of nitrogens with zero attached hydrogens (tertiary/aromatic N) is 1. The second-order valence-electron chi connectivity index (χ2n) is 5.35. The Balaban J connectivity index is 1.75. The molecule has 0 spiro atoms. The van der Waals surface area contributed by atoms with Crippen LogP contribution in [0.4, 0.5) is 24.5 Å². The van der Waals surface area contributed by atoms with Crippen LogP contribution in [0.25, 0.3) is 0 Å². The number of halogens is 3. The number of alkyl halides is 2. The van der Waals surface area contributed by atoms with Gasteiger partial charge in [0.05, 0.1) is 12.1 Å². The minimum Gasteiger partial charge on any atom is -0.373 e. The monoisotopic (exact) mass is 366 g/mol. The zero-order chi connectivity index (χ0) is 18.0. The molecule has 1 fully saturated rings. The fraction of sp³-hybridized carbons (Fsp3) is 0.176. The molecule has 1 heterocycles. The second-order valence-corrected chi connectivity index (χ2v) is 6.41. The van der Waals surface area contributed by atoms with Gasteiger partial charge in [-0.05, 0) is 42.5 Å². The minimum atomic E-state index is -2.54. The highest BCUT2D eigenvalue weighted by Crippen LogP contribution is 2.30. The van der Waals surface area contributed by atoms with Gasteiger partial charge in [0.1, 0.15) is 11.9 Å². The van der Waals surface area contributed by atoms with Crippen molar-refractivity contribution in [3.05, 3.63) is 54.3 Å². The van der Waals surface area contributed by atoms with Crippen molar-refractivity contribution in [2.24, 2.45) is 0 Å². The highest BCUT2D eigenvalue weighted by molar-refractivity contribution is 7.99. The van der Waals surface area contributed by atoms with Crippen LogP contribution in [0.1, 0.15) is 6.42 Å². The van der Waals surface area contributed by atoms with Crippen LogP contribution in [0.5, 0.6) is 0 Å². The Labute approximate surface area is 146 Å². The van der Waals surface area contributed by atoms with Gasteiger partial charge in [-0.25, -0.2) is 9.29 Å². The minimum absolute atomic E-state index is 0.0666. The summed E-state index contributed by atoms with van der Waals surface area (Å²) in [4.78, 5) is 26.0. The van der Waals surface area contributed by atoms with E-state index < -0.39 is 29.4 Å². The van der Waals surface area contributed by atoms with Gasteiger partial charge in [-0.3, -0.25) is 9.59 Å². The van der Waals surface area contributed by atoms with Crippen molar-refractivity contribution in [1.29, 1.82) is 0 Å². The van der Waals surface area contributed by atoms with Gasteiger partial charge in [0, 0.05) is 10.6 Å². The number of hydrogen-bond donors (Lipinski definition) is 1. The van der Waals surface area contributed by atoms with Crippen LogP contribution in [-0.4, -0.2) is 23.6 Å². The Kier molecular flexibility index (Phi) is 4.98. The van der Waals surface area contributed by atoms with Crippen molar-refractivity contribution in [1.82, 2.24) is 0 Å². The highest BCUT2D eigenvalue weighted by atomic mass is 32.2. The molecule has 0 aromatic heterocycles. The number of carbonyl (C=O) groups is 2. The maximum absolute atomic E-state index is 13.2. The molecular formula is C17H13F3N2O2S. The lowest BCUT2D eigenvalue weighted by atomic mass is 10.2. The number of hydrogen-bond acceptors (Lipinski definition) is 4. The Morgan fingerprint density at radius 3 is 2.48 bits per heavy atom. The van der Waals surface area contributed by atoms with E-state index in [1.807, 2.05) is 0 Å². The van der Waals surface area contributed by atoms with Crippen molar-refractivity contribution in [3.63, 3.8) is 0 Å². The fourth-order valence-electron chi connectivity index (χ4n) is 2.57. The summed E-state index contributed by atoms with van der Waals surface area (Å²) in [5.74, 6) is -3.87. The van der Waals surface area contributed by atoms with E-state index in [1.165, 1.54) is 42.5 Å². The molecule has 25 heavy (non-hydrogen) atoms. The van der Waals surface area contributed by atoms with E-state index in [2.05, 4.69) is 5.32 Å². The van der Waals surface area contributed by atoms with E-state index in [0.29, 0.717) is 28.0 Å². The number of imide groups is 1. The molecular weight excluding hydrogens is 353 g/mol. The Bertz CT molecular complexity index is 799. The standard InChI is InChI=1S/C17H13F3N2O2S/c18-10-2-1-3-11(8-10)21-14-9-15(23)22(16(14)24)12-4-6-13(7-5-12)25-17(19)20/h1-8,14,17,21H,9H2/t14-/m1/s1. The quantitative estimate of drug-likeness (QED) is 0.644. The van der Waals surface area contributed by atoms with E-state index in [1.54, 1.807) is 6.07 Å². The summed E-state index contributed by atoms with van der Waals surface area (Å²) in [7, 11) is 0. The predicted molar refractivity (Wildman–Crippen MR) is 89.2 cm³/mol. The van der Waals surface area contributed by atoms with Crippen molar-refractivity contribution in [2.75, 3.05) is 10.2 Å². The molecule has 1 aliphatic heterocycles. The normalized spacial score (nSPS) is 17.4. The lowest BCUT2D eigenvalue weighted by Crippen LogP contribution is -2.34. The third-order valence-corrected chi connectivity index (χ3v) is 4.35. The van der Waals surface area contributed by atoms with Gasteiger partial charge in [-0.15, -0.1) is 0 Å². The second kappa shape index (κ2) is 7.18. The zero-order valence-corrected chi connectivity index (χ0v) is 13.6. The van der Waals surface area contributed by atoms with Crippen LogP contribution < -0.4 is 10.2 Å². The van der Waals surface area contributed by atoms with E-state index in [0.717, 1.165) is 4.90 Å². The number of anilines is 2. The molecule has 1 atom stereocenters. The first-order valence-electron chi connectivity index (χ1n) is 7.38. The third kappa shape index (κ3) is 3.96. The molecule has 0 unspecified atom stereocenters. The molecule has 0 radical (unpaired) electrons. The summed E-state index contributed by atoms with van der Waals surface area (Å²) in [6.45, 7) is 0. The molecule has 4 nitrogen and oxygen atoms in total. The van der Waals surface area contributed by atoms with Crippen LogP contribution in [0.15, 0.2) is 53.4 Å². The van der Waals surface area contributed by atoms with E-state index in [4.69, 9.17) is 0 Å². The number of benzene rings is 2. The summed E-state index contributed by atoms with van der Waals surface area (Å²) < 4.78 is 37.9. The van der Waals surface area contributed by atoms with E-state index >= 15 is 0 Å². The molecule has 0 aliphatic carbocycles. The Hall–Kier alpha value is -2.48. The summed E-state index contributed by atoms with van der Waals surface area (Å²) in [6, 6.07) is 10.6. The van der Waals surface area contributed by atoms with E-state index in [-0.39, 0.29) is 6.42 Å². The third-order valence-electron chi connectivity index (χ3n) is 3.63. The summed E-state index contributed by atoms with van der Waals surface area (Å²) in [5.41, 5.74) is 0.717. The van der Waals surface area contributed by atoms with Crippen LogP contribution in [0.3, 0.4) is 0 Å². The number of amides is 2. The fourth-order valence-corrected chi connectivity index (χ4v) is 3.07.